The molecule has 66 valence electrons. The molecule has 0 saturated carbocycles. The van der Waals surface area contributed by atoms with Gasteiger partial charge in [-0.1, -0.05) is 25.4 Å². The summed E-state index contributed by atoms with van der Waals surface area (Å²) in [5, 5.41) is 0.524. The first-order valence-corrected chi connectivity index (χ1v) is 4.12. The molecular weight excluding hydrogens is 174 g/mol. The minimum absolute atomic E-state index is 0.438. The number of nitrogen functional groups attached to an aromatic ring is 1. The van der Waals surface area contributed by atoms with Gasteiger partial charge in [0.25, 0.3) is 0 Å². The van der Waals surface area contributed by atoms with E-state index in [9.17, 15) is 4.79 Å². The number of hydrogen-bond acceptors (Lipinski definition) is 2. The molecule has 0 spiro atoms. The maximum Gasteiger partial charge on any atom is 0.152 e. The van der Waals surface area contributed by atoms with Gasteiger partial charge in [-0.05, 0) is 18.2 Å². The van der Waals surface area contributed by atoms with Crippen LogP contribution < -0.4 is 5.73 Å². The molecule has 2 N–H and O–H groups in total. The third-order valence-electron chi connectivity index (χ3n) is 1.18. The van der Waals surface area contributed by atoms with Gasteiger partial charge in [-0.2, -0.15) is 0 Å². The maximum atomic E-state index is 10.2. The zero-order valence-corrected chi connectivity index (χ0v) is 7.93. The highest BCUT2D eigenvalue weighted by Gasteiger charge is 1.96. The van der Waals surface area contributed by atoms with Gasteiger partial charge < -0.3 is 5.73 Å². The number of benzene rings is 1. The standard InChI is InChI=1S/C7H6ClNO.C2H6/c8-6-1-2-7(9)5(3-6)4-10;1-2/h1-4H,9H2;1-2H3. The molecule has 1 rings (SSSR count). The predicted octanol–water partition coefficient (Wildman–Crippen LogP) is 2.76. The van der Waals surface area contributed by atoms with Crippen LogP contribution in [0.15, 0.2) is 18.2 Å². The molecule has 1 aromatic rings. The van der Waals surface area contributed by atoms with E-state index in [4.69, 9.17) is 17.3 Å². The fourth-order valence-corrected chi connectivity index (χ4v) is 0.828. The molecule has 0 fully saturated rings. The Morgan fingerprint density at radius 2 is 2.00 bits per heavy atom. The summed E-state index contributed by atoms with van der Waals surface area (Å²) >= 11 is 5.58. The number of halogens is 1. The summed E-state index contributed by atoms with van der Waals surface area (Å²) in [4.78, 5) is 10.2. The largest absolute Gasteiger partial charge is 0.398 e. The Kier molecular flexibility index (Phi) is 5.13. The van der Waals surface area contributed by atoms with Crippen LogP contribution in [0.2, 0.25) is 5.02 Å². The molecule has 0 aliphatic rings. The average molecular weight is 186 g/mol. The lowest BCUT2D eigenvalue weighted by atomic mass is 10.2. The first kappa shape index (κ1) is 11.0. The lowest BCUT2D eigenvalue weighted by molar-refractivity contribution is 0.112. The van der Waals surface area contributed by atoms with Gasteiger partial charge in [0.05, 0.1) is 0 Å². The SMILES string of the molecule is CC.Nc1ccc(Cl)cc1C=O. The summed E-state index contributed by atoms with van der Waals surface area (Å²) in [5.74, 6) is 0. The van der Waals surface area contributed by atoms with Gasteiger partial charge in [0.1, 0.15) is 0 Å². The van der Waals surface area contributed by atoms with E-state index in [1.54, 1.807) is 12.1 Å². The van der Waals surface area contributed by atoms with Crippen molar-refractivity contribution in [2.24, 2.45) is 0 Å². The molecule has 0 bridgehead atoms. The molecule has 0 aliphatic heterocycles. The topological polar surface area (TPSA) is 43.1 Å². The summed E-state index contributed by atoms with van der Waals surface area (Å²) in [6.45, 7) is 4.00. The molecule has 0 saturated heterocycles. The van der Waals surface area contributed by atoms with Crippen molar-refractivity contribution in [1.82, 2.24) is 0 Å². The lowest BCUT2D eigenvalue weighted by Gasteiger charge is -1.96. The summed E-state index contributed by atoms with van der Waals surface area (Å²) in [5.41, 5.74) is 6.31. The highest BCUT2D eigenvalue weighted by molar-refractivity contribution is 6.31. The van der Waals surface area contributed by atoms with Gasteiger partial charge >= 0.3 is 0 Å². The lowest BCUT2D eigenvalue weighted by Crippen LogP contribution is -1.91. The maximum absolute atomic E-state index is 10.2. The third kappa shape index (κ3) is 2.93. The molecule has 0 unspecified atom stereocenters. The Bertz CT molecular complexity index is 261. The Morgan fingerprint density at radius 1 is 1.42 bits per heavy atom. The van der Waals surface area contributed by atoms with Crippen molar-refractivity contribution < 1.29 is 4.79 Å². The van der Waals surface area contributed by atoms with Gasteiger partial charge in [-0.25, -0.2) is 0 Å². The third-order valence-corrected chi connectivity index (χ3v) is 1.41. The van der Waals surface area contributed by atoms with Gasteiger partial charge in [0, 0.05) is 16.3 Å². The Labute approximate surface area is 77.3 Å². The number of carbonyl (C=O) groups excluding carboxylic acids is 1. The van der Waals surface area contributed by atoms with E-state index in [1.807, 2.05) is 13.8 Å². The normalized spacial score (nSPS) is 8.25. The van der Waals surface area contributed by atoms with E-state index in [1.165, 1.54) is 6.07 Å². The van der Waals surface area contributed by atoms with Gasteiger partial charge in [-0.3, -0.25) is 4.79 Å². The smallest absolute Gasteiger partial charge is 0.152 e. The van der Waals surface area contributed by atoms with Crippen LogP contribution in [0.1, 0.15) is 24.2 Å². The van der Waals surface area contributed by atoms with Crippen LogP contribution in [0.5, 0.6) is 0 Å². The fourth-order valence-electron chi connectivity index (χ4n) is 0.648. The Balaban J connectivity index is 0.000000561. The van der Waals surface area contributed by atoms with Crippen molar-refractivity contribution >= 4 is 23.6 Å². The molecule has 0 aromatic heterocycles. The molecule has 0 atom stereocenters. The number of rotatable bonds is 1. The van der Waals surface area contributed by atoms with E-state index in [-0.39, 0.29) is 0 Å². The Morgan fingerprint density at radius 3 is 2.42 bits per heavy atom. The van der Waals surface area contributed by atoms with Gasteiger partial charge in [0.15, 0.2) is 6.29 Å². The number of aldehydes is 1. The second kappa shape index (κ2) is 5.61. The van der Waals surface area contributed by atoms with E-state index >= 15 is 0 Å². The quantitative estimate of drug-likeness (QED) is 0.540. The second-order valence-corrected chi connectivity index (χ2v) is 2.33. The zero-order valence-electron chi connectivity index (χ0n) is 7.17. The predicted molar refractivity (Wildman–Crippen MR) is 52.6 cm³/mol. The molecule has 0 heterocycles. The van der Waals surface area contributed by atoms with Crippen LogP contribution >= 0.6 is 11.6 Å². The molecular formula is C9H12ClNO. The second-order valence-electron chi connectivity index (χ2n) is 1.89. The van der Waals surface area contributed by atoms with Crippen LogP contribution in [-0.2, 0) is 0 Å². The minimum atomic E-state index is 0.438. The monoisotopic (exact) mass is 185 g/mol. The highest BCUT2D eigenvalue weighted by atomic mass is 35.5. The van der Waals surface area contributed by atoms with Crippen LogP contribution in [0.4, 0.5) is 5.69 Å². The van der Waals surface area contributed by atoms with Crippen molar-refractivity contribution in [1.29, 1.82) is 0 Å². The molecule has 1 aromatic carbocycles. The van der Waals surface area contributed by atoms with E-state index in [0.29, 0.717) is 22.6 Å². The van der Waals surface area contributed by atoms with Gasteiger partial charge in [-0.15, -0.1) is 0 Å². The number of hydrogen-bond donors (Lipinski definition) is 1. The summed E-state index contributed by atoms with van der Waals surface area (Å²) in [6, 6.07) is 4.78. The average Bonchev–Trinajstić information content (AvgIpc) is 2.13. The molecule has 0 radical (unpaired) electrons. The van der Waals surface area contributed by atoms with Crippen molar-refractivity contribution in [2.75, 3.05) is 5.73 Å². The first-order chi connectivity index (χ1) is 5.74. The highest BCUT2D eigenvalue weighted by Crippen LogP contribution is 2.15. The van der Waals surface area contributed by atoms with Crippen LogP contribution in [0.25, 0.3) is 0 Å². The van der Waals surface area contributed by atoms with Crippen molar-refractivity contribution in [3.8, 4) is 0 Å². The summed E-state index contributed by atoms with van der Waals surface area (Å²) in [7, 11) is 0. The molecule has 3 heteroatoms. The van der Waals surface area contributed by atoms with Crippen molar-refractivity contribution in [3.63, 3.8) is 0 Å². The first-order valence-electron chi connectivity index (χ1n) is 3.74. The molecule has 0 aliphatic carbocycles. The minimum Gasteiger partial charge on any atom is -0.398 e. The van der Waals surface area contributed by atoms with E-state index in [2.05, 4.69) is 0 Å². The van der Waals surface area contributed by atoms with E-state index in [0.717, 1.165) is 0 Å². The Hall–Kier alpha value is -1.02. The molecule has 0 amide bonds. The van der Waals surface area contributed by atoms with Crippen LogP contribution in [-0.4, -0.2) is 6.29 Å². The fraction of sp³-hybridized carbons (Fsp3) is 0.222. The molecule has 12 heavy (non-hydrogen) atoms. The number of anilines is 1. The van der Waals surface area contributed by atoms with Crippen LogP contribution in [0, 0.1) is 0 Å². The van der Waals surface area contributed by atoms with Crippen molar-refractivity contribution in [3.05, 3.63) is 28.8 Å². The molecule has 2 nitrogen and oxygen atoms in total. The number of nitrogens with two attached hydrogens (primary N) is 1. The summed E-state index contributed by atoms with van der Waals surface area (Å²) < 4.78 is 0. The van der Waals surface area contributed by atoms with Crippen molar-refractivity contribution in [2.45, 2.75) is 13.8 Å². The zero-order chi connectivity index (χ0) is 9.56. The van der Waals surface area contributed by atoms with E-state index < -0.39 is 0 Å². The van der Waals surface area contributed by atoms with Gasteiger partial charge in [0.2, 0.25) is 0 Å². The summed E-state index contributed by atoms with van der Waals surface area (Å²) in [6.07, 6.45) is 0.682. The van der Waals surface area contributed by atoms with Crippen LogP contribution in [0.3, 0.4) is 0 Å². The number of carbonyl (C=O) groups is 1.